The molecule has 1 atom stereocenters. The zero-order valence-electron chi connectivity index (χ0n) is 12.3. The average molecular weight is 244 g/mol. The zero-order valence-corrected chi connectivity index (χ0v) is 12.3. The van der Waals surface area contributed by atoms with Crippen LogP contribution >= 0.6 is 0 Å². The maximum absolute atomic E-state index is 9.11. The lowest BCUT2D eigenvalue weighted by atomic mass is 9.84. The summed E-state index contributed by atoms with van der Waals surface area (Å²) in [6, 6.07) is 0. The number of nitrogens with one attached hydrogen (secondary N) is 1. The predicted molar refractivity (Wildman–Crippen MR) is 75.4 cm³/mol. The first kappa shape index (κ1) is 16.9. The smallest absolute Gasteiger partial charge is 0.0558 e. The van der Waals surface area contributed by atoms with Crippen molar-refractivity contribution in [3.8, 4) is 0 Å². The van der Waals surface area contributed by atoms with E-state index in [2.05, 4.69) is 37.9 Å². The highest BCUT2D eigenvalue weighted by molar-refractivity contribution is 4.80. The Hall–Kier alpha value is -0.120. The van der Waals surface area contributed by atoms with Gasteiger partial charge in [0.15, 0.2) is 0 Å². The van der Waals surface area contributed by atoms with Gasteiger partial charge in [0.2, 0.25) is 0 Å². The number of nitrogens with zero attached hydrogens (tertiary/aromatic N) is 1. The minimum Gasteiger partial charge on any atom is -0.395 e. The Kier molecular flexibility index (Phi) is 9.79. The molecule has 0 aliphatic carbocycles. The number of aliphatic hydroxyl groups is 1. The van der Waals surface area contributed by atoms with Gasteiger partial charge in [-0.15, -0.1) is 0 Å². The Balaban J connectivity index is 4.34. The summed E-state index contributed by atoms with van der Waals surface area (Å²) >= 11 is 0. The van der Waals surface area contributed by atoms with E-state index in [0.717, 1.165) is 39.1 Å². The molecular formula is C14H32N2O. The van der Waals surface area contributed by atoms with Crippen LogP contribution in [0, 0.1) is 5.41 Å². The third-order valence-corrected chi connectivity index (χ3v) is 3.22. The zero-order chi connectivity index (χ0) is 13.1. The SMILES string of the molecule is CCCN(CCO)CC(C)(CCC)CNCC. The highest BCUT2D eigenvalue weighted by atomic mass is 16.3. The lowest BCUT2D eigenvalue weighted by molar-refractivity contribution is 0.125. The van der Waals surface area contributed by atoms with Gasteiger partial charge in [0, 0.05) is 19.6 Å². The van der Waals surface area contributed by atoms with Gasteiger partial charge in [0.25, 0.3) is 0 Å². The van der Waals surface area contributed by atoms with Crippen molar-refractivity contribution in [2.75, 3.05) is 39.3 Å². The first-order valence-electron chi connectivity index (χ1n) is 7.15. The Labute approximate surface area is 108 Å². The van der Waals surface area contributed by atoms with E-state index in [-0.39, 0.29) is 6.61 Å². The van der Waals surface area contributed by atoms with Crippen LogP contribution < -0.4 is 5.32 Å². The molecule has 0 heterocycles. The summed E-state index contributed by atoms with van der Waals surface area (Å²) in [6.07, 6.45) is 3.62. The second-order valence-corrected chi connectivity index (χ2v) is 5.34. The van der Waals surface area contributed by atoms with Crippen molar-refractivity contribution in [3.63, 3.8) is 0 Å². The predicted octanol–water partition coefficient (Wildman–Crippen LogP) is 2.11. The second-order valence-electron chi connectivity index (χ2n) is 5.34. The highest BCUT2D eigenvalue weighted by Crippen LogP contribution is 2.24. The topological polar surface area (TPSA) is 35.5 Å². The van der Waals surface area contributed by atoms with Crippen molar-refractivity contribution in [2.45, 2.75) is 47.0 Å². The Morgan fingerprint density at radius 2 is 1.82 bits per heavy atom. The van der Waals surface area contributed by atoms with E-state index in [1.54, 1.807) is 0 Å². The van der Waals surface area contributed by atoms with Crippen LogP contribution in [0.25, 0.3) is 0 Å². The van der Waals surface area contributed by atoms with E-state index in [1.807, 2.05) is 0 Å². The van der Waals surface area contributed by atoms with Crippen LogP contribution in [-0.2, 0) is 0 Å². The van der Waals surface area contributed by atoms with Crippen LogP contribution in [-0.4, -0.2) is 49.3 Å². The molecule has 0 amide bonds. The lowest BCUT2D eigenvalue weighted by Crippen LogP contribution is -2.43. The summed E-state index contributed by atoms with van der Waals surface area (Å²) in [4.78, 5) is 2.40. The van der Waals surface area contributed by atoms with Crippen LogP contribution in [0.2, 0.25) is 0 Å². The van der Waals surface area contributed by atoms with Crippen LogP contribution in [0.3, 0.4) is 0 Å². The van der Waals surface area contributed by atoms with Gasteiger partial charge in [-0.05, 0) is 31.3 Å². The minimum absolute atomic E-state index is 0.267. The van der Waals surface area contributed by atoms with Gasteiger partial charge in [0.05, 0.1) is 6.61 Å². The fourth-order valence-corrected chi connectivity index (χ4v) is 2.52. The average Bonchev–Trinajstić information content (AvgIpc) is 2.27. The van der Waals surface area contributed by atoms with Crippen LogP contribution in [0.15, 0.2) is 0 Å². The summed E-state index contributed by atoms with van der Waals surface area (Å²) in [5.74, 6) is 0. The fourth-order valence-electron chi connectivity index (χ4n) is 2.52. The maximum atomic E-state index is 9.11. The largest absolute Gasteiger partial charge is 0.395 e. The summed E-state index contributed by atoms with van der Waals surface area (Å²) in [5, 5.41) is 12.6. The normalized spacial score (nSPS) is 15.2. The maximum Gasteiger partial charge on any atom is 0.0558 e. The van der Waals surface area contributed by atoms with Crippen LogP contribution in [0.5, 0.6) is 0 Å². The van der Waals surface area contributed by atoms with Crippen molar-refractivity contribution in [3.05, 3.63) is 0 Å². The molecule has 0 fully saturated rings. The molecule has 0 spiro atoms. The molecule has 104 valence electrons. The third-order valence-electron chi connectivity index (χ3n) is 3.22. The standard InChI is InChI=1S/C14H32N2O/c1-5-8-14(4,12-15-7-3)13-16(9-6-2)10-11-17/h15,17H,5-13H2,1-4H3. The molecule has 0 aromatic heterocycles. The lowest BCUT2D eigenvalue weighted by Gasteiger charge is -2.35. The first-order valence-corrected chi connectivity index (χ1v) is 7.15. The molecule has 3 nitrogen and oxygen atoms in total. The van der Waals surface area contributed by atoms with Crippen LogP contribution in [0.4, 0.5) is 0 Å². The van der Waals surface area contributed by atoms with Gasteiger partial charge in [-0.2, -0.15) is 0 Å². The number of aliphatic hydroxyl groups excluding tert-OH is 1. The fraction of sp³-hybridized carbons (Fsp3) is 1.00. The molecule has 1 unspecified atom stereocenters. The molecular weight excluding hydrogens is 212 g/mol. The first-order chi connectivity index (χ1) is 8.11. The summed E-state index contributed by atoms with van der Waals surface area (Å²) < 4.78 is 0. The summed E-state index contributed by atoms with van der Waals surface area (Å²) in [6.45, 7) is 14.3. The molecule has 17 heavy (non-hydrogen) atoms. The Morgan fingerprint density at radius 1 is 1.12 bits per heavy atom. The summed E-state index contributed by atoms with van der Waals surface area (Å²) in [7, 11) is 0. The van der Waals surface area contributed by atoms with E-state index >= 15 is 0 Å². The monoisotopic (exact) mass is 244 g/mol. The van der Waals surface area contributed by atoms with Crippen molar-refractivity contribution in [1.82, 2.24) is 10.2 Å². The highest BCUT2D eigenvalue weighted by Gasteiger charge is 2.25. The van der Waals surface area contributed by atoms with Gasteiger partial charge < -0.3 is 15.3 Å². The number of hydrogen-bond acceptors (Lipinski definition) is 3. The van der Waals surface area contributed by atoms with Crippen molar-refractivity contribution < 1.29 is 5.11 Å². The molecule has 3 heteroatoms. The minimum atomic E-state index is 0.267. The molecule has 2 N–H and O–H groups in total. The number of rotatable bonds is 11. The summed E-state index contributed by atoms with van der Waals surface area (Å²) in [5.41, 5.74) is 0.328. The molecule has 0 saturated carbocycles. The van der Waals surface area contributed by atoms with Crippen molar-refractivity contribution in [2.24, 2.45) is 5.41 Å². The van der Waals surface area contributed by atoms with E-state index in [0.29, 0.717) is 5.41 Å². The Bertz CT molecular complexity index is 170. The molecule has 0 radical (unpaired) electrons. The molecule has 0 aliphatic rings. The van der Waals surface area contributed by atoms with E-state index in [4.69, 9.17) is 5.11 Å². The molecule has 0 aromatic rings. The molecule has 0 rings (SSSR count). The number of hydrogen-bond donors (Lipinski definition) is 2. The molecule has 0 saturated heterocycles. The van der Waals surface area contributed by atoms with Crippen LogP contribution in [0.1, 0.15) is 47.0 Å². The van der Waals surface area contributed by atoms with Gasteiger partial charge in [-0.3, -0.25) is 0 Å². The Morgan fingerprint density at radius 3 is 2.29 bits per heavy atom. The molecule has 0 aromatic carbocycles. The van der Waals surface area contributed by atoms with Crippen molar-refractivity contribution >= 4 is 0 Å². The third kappa shape index (κ3) is 7.74. The van der Waals surface area contributed by atoms with E-state index < -0.39 is 0 Å². The molecule has 0 bridgehead atoms. The van der Waals surface area contributed by atoms with E-state index in [1.165, 1.54) is 12.8 Å². The van der Waals surface area contributed by atoms with E-state index in [9.17, 15) is 0 Å². The second kappa shape index (κ2) is 9.86. The quantitative estimate of drug-likeness (QED) is 0.584. The van der Waals surface area contributed by atoms with Gasteiger partial charge >= 0.3 is 0 Å². The van der Waals surface area contributed by atoms with Crippen molar-refractivity contribution in [1.29, 1.82) is 0 Å². The van der Waals surface area contributed by atoms with Gasteiger partial charge in [-0.25, -0.2) is 0 Å². The van der Waals surface area contributed by atoms with Gasteiger partial charge in [0.1, 0.15) is 0 Å². The molecule has 0 aliphatic heterocycles. The van der Waals surface area contributed by atoms with Gasteiger partial charge in [-0.1, -0.05) is 34.1 Å².